The molecule has 0 aliphatic rings. The van der Waals surface area contributed by atoms with Crippen molar-refractivity contribution in [3.63, 3.8) is 0 Å². The number of hydrogen-bond donors (Lipinski definition) is 1. The van der Waals surface area contributed by atoms with Gasteiger partial charge in [-0.1, -0.05) is 0 Å². The summed E-state index contributed by atoms with van der Waals surface area (Å²) in [5.41, 5.74) is 0. The van der Waals surface area contributed by atoms with Gasteiger partial charge in [-0.25, -0.2) is 0 Å². The summed E-state index contributed by atoms with van der Waals surface area (Å²) in [5.74, 6) is 0.291. The second-order valence-corrected chi connectivity index (χ2v) is 1.26. The third-order valence-electron chi connectivity index (χ3n) is 0.701. The first-order chi connectivity index (χ1) is 3.39. The first kappa shape index (κ1) is 6.02. The van der Waals surface area contributed by atoms with Gasteiger partial charge in [0.2, 0.25) is 0 Å². The SMILES string of the molecule is Oc1cc[c-]cc1.[Bk]. The van der Waals surface area contributed by atoms with Gasteiger partial charge in [0.25, 0.3) is 0 Å². The normalized spacial score (nSPS) is 7.50. The van der Waals surface area contributed by atoms with Gasteiger partial charge >= 0.3 is 0 Å². The molecule has 0 aliphatic carbocycles. The van der Waals surface area contributed by atoms with Crippen molar-refractivity contribution >= 4 is 0 Å². The van der Waals surface area contributed by atoms with E-state index in [1.165, 1.54) is 0 Å². The molecule has 0 saturated carbocycles. The maximum atomic E-state index is 8.61. The van der Waals surface area contributed by atoms with Gasteiger partial charge in [0.15, 0.2) is 0 Å². The van der Waals surface area contributed by atoms with Gasteiger partial charge in [-0.15, -0.1) is 12.1 Å². The van der Waals surface area contributed by atoms with E-state index in [1.807, 2.05) is 0 Å². The molecule has 1 aromatic rings. The van der Waals surface area contributed by atoms with Gasteiger partial charge in [-0.3, -0.25) is 0 Å². The Bertz CT molecular complexity index is 138. The molecule has 0 spiro atoms. The molecule has 1 radical (unpaired) electrons. The zero-order valence-corrected chi connectivity index (χ0v) is 6.87. The molecule has 2 heteroatoms. The van der Waals surface area contributed by atoms with Gasteiger partial charge in [-0.05, 0) is 0 Å². The standard InChI is InChI=1S/C6H5O.Bk/c7-6-4-2-1-3-5-6;/h2-5,7H;/q-1;. The number of aromatic hydroxyl groups is 1. The molecule has 1 nitrogen and oxygen atoms in total. The van der Waals surface area contributed by atoms with Crippen LogP contribution in [0.4, 0.5) is 0 Å². The minimum Gasteiger partial charge on any atom is -0.533 e. The molecule has 45 valence electrons. The van der Waals surface area contributed by atoms with Crippen LogP contribution in [-0.4, -0.2) is 5.11 Å². The second-order valence-electron chi connectivity index (χ2n) is 1.26. The van der Waals surface area contributed by atoms with E-state index in [0.717, 1.165) is 0 Å². The smallest absolute Gasteiger partial charge is 0.00821 e. The van der Waals surface area contributed by atoms with Crippen LogP contribution in [-0.2, 0) is 0 Å². The molecule has 0 saturated heterocycles. The fourth-order valence-corrected chi connectivity index (χ4v) is 0.378. The van der Waals surface area contributed by atoms with Crippen molar-refractivity contribution in [2.24, 2.45) is 0 Å². The Kier molecular flexibility index (Phi) is 1.68. The van der Waals surface area contributed by atoms with Gasteiger partial charge < -0.3 is 5.11 Å². The Hall–Kier alpha value is -1.98. The molecule has 0 bridgehead atoms. The van der Waals surface area contributed by atoms with E-state index in [0.29, 0.717) is 5.75 Å². The summed E-state index contributed by atoms with van der Waals surface area (Å²) >= 11 is 0. The quantitative estimate of drug-likeness (QED) is 0.704. The zero-order valence-electron chi connectivity index (χ0n) is 4.09. The summed E-state index contributed by atoms with van der Waals surface area (Å²) in [6.07, 6.45) is 0. The van der Waals surface area contributed by atoms with Crippen LogP contribution < -0.4 is 0 Å². The first-order valence-electron chi connectivity index (χ1n) is 2.04. The monoisotopic (exact) mass is 340 g/mol. The molecule has 1 rings (SSSR count). The van der Waals surface area contributed by atoms with Crippen molar-refractivity contribution < 1.29 is 5.11 Å². The fourth-order valence-electron chi connectivity index (χ4n) is 0.378. The molecule has 0 fully saturated rings. The van der Waals surface area contributed by atoms with Crippen molar-refractivity contribution in [1.82, 2.24) is 0 Å². The molecule has 8 heavy (non-hydrogen) atoms. The van der Waals surface area contributed by atoms with E-state index in [4.69, 9.17) is 5.11 Å². The van der Waals surface area contributed by atoms with Crippen molar-refractivity contribution in [2.75, 3.05) is 0 Å². The van der Waals surface area contributed by atoms with Crippen molar-refractivity contribution in [3.8, 4) is 5.75 Å². The molecular weight excluding hydrogens is 335 g/mol. The first-order valence-corrected chi connectivity index (χ1v) is 2.04. The van der Waals surface area contributed by atoms with E-state index in [1.54, 1.807) is 24.3 Å². The average molecular weight is 340 g/mol. The van der Waals surface area contributed by atoms with Crippen LogP contribution in [0.25, 0.3) is 0 Å². The van der Waals surface area contributed by atoms with E-state index in [2.05, 4.69) is 6.07 Å². The van der Waals surface area contributed by atoms with Crippen LogP contribution in [0.3, 0.4) is 0 Å². The van der Waals surface area contributed by atoms with Gasteiger partial charge in [0, 0.05) is 5.75 Å². The van der Waals surface area contributed by atoms with Gasteiger partial charge in [0.05, 0.1) is 0 Å². The minimum atomic E-state index is 0. The summed E-state index contributed by atoms with van der Waals surface area (Å²) in [7, 11) is 0. The predicted molar refractivity (Wildman–Crippen MR) is 26.9 cm³/mol. The van der Waals surface area contributed by atoms with Crippen molar-refractivity contribution in [1.29, 1.82) is 0 Å². The molecule has 0 unspecified atom stereocenters. The van der Waals surface area contributed by atoms with Gasteiger partial charge in [-0.2, -0.15) is 18.2 Å². The maximum absolute atomic E-state index is 8.61. The maximum Gasteiger partial charge on any atom is 0.00821 e. The van der Waals surface area contributed by atoms with E-state index < -0.39 is 0 Å². The third-order valence-corrected chi connectivity index (χ3v) is 0.701. The molecule has 0 heterocycles. The molecule has 0 aliphatic heterocycles. The van der Waals surface area contributed by atoms with Gasteiger partial charge in [0.1, 0.15) is 0 Å². The summed E-state index contributed by atoms with van der Waals surface area (Å²) < 4.78 is 0. The largest absolute Gasteiger partial charge is 0.533 e. The van der Waals surface area contributed by atoms with Crippen LogP contribution in [0.15, 0.2) is 24.3 Å². The second kappa shape index (κ2) is 2.24. The fraction of sp³-hybridized carbons (Fsp3) is 0. The summed E-state index contributed by atoms with van der Waals surface area (Å²) in [5, 5.41) is 8.61. The Morgan fingerprint density at radius 1 is 1.25 bits per heavy atom. The Morgan fingerprint density at radius 2 is 1.75 bits per heavy atom. The topological polar surface area (TPSA) is 20.2 Å². The number of hydrogen-bond acceptors (Lipinski definition) is 1. The Labute approximate surface area is 42.2 Å². The van der Waals surface area contributed by atoms with Crippen molar-refractivity contribution in [2.45, 2.75) is 0 Å². The molecule has 0 aromatic heterocycles. The van der Waals surface area contributed by atoms with Crippen LogP contribution in [0.1, 0.15) is 0 Å². The Morgan fingerprint density at radius 3 is 2.00 bits per heavy atom. The summed E-state index contributed by atoms with van der Waals surface area (Å²) in [6.45, 7) is 0. The number of phenolic OH excluding ortho intramolecular Hbond substituents is 1. The average Bonchev–Trinajstić information content (AvgIpc) is 1.69. The minimum absolute atomic E-state index is 0. The van der Waals surface area contributed by atoms with Crippen LogP contribution >= 0.6 is 0 Å². The number of rotatable bonds is 0. The molecular formula is C6H5BkO-. The molecule has 0 atom stereocenters. The van der Waals surface area contributed by atoms with E-state index in [9.17, 15) is 0 Å². The van der Waals surface area contributed by atoms with Crippen LogP contribution in [0.2, 0.25) is 0 Å². The van der Waals surface area contributed by atoms with Crippen LogP contribution in [0.5, 0.6) is 5.75 Å². The third kappa shape index (κ3) is 1.01. The number of benzene rings is 1. The molecule has 1 N–H and O–H groups in total. The molecule has 0 amide bonds. The van der Waals surface area contributed by atoms with Crippen LogP contribution in [0, 0.1) is 6.07 Å². The van der Waals surface area contributed by atoms with E-state index >= 15 is 0 Å². The Balaban J connectivity index is 0.000000490. The number of phenols is 1. The summed E-state index contributed by atoms with van der Waals surface area (Å²) in [6, 6.07) is 9.26. The predicted octanol–water partition coefficient (Wildman–Crippen LogP) is 1.19. The van der Waals surface area contributed by atoms with Crippen molar-refractivity contribution in [3.05, 3.63) is 30.3 Å². The summed E-state index contributed by atoms with van der Waals surface area (Å²) in [4.78, 5) is 0. The molecule has 1 aromatic carbocycles. The van der Waals surface area contributed by atoms with E-state index in [-0.39, 0.29) is 0 Å². The zero-order chi connectivity index (χ0) is 5.11.